The van der Waals surface area contributed by atoms with Crippen molar-refractivity contribution in [2.45, 2.75) is 50.6 Å². The van der Waals surface area contributed by atoms with E-state index in [0.29, 0.717) is 12.5 Å². The summed E-state index contributed by atoms with van der Waals surface area (Å²) in [6, 6.07) is 5.87. The summed E-state index contributed by atoms with van der Waals surface area (Å²) in [4.78, 5) is 8.99. The van der Waals surface area contributed by atoms with Gasteiger partial charge in [-0.05, 0) is 74.0 Å². The topological polar surface area (TPSA) is 107 Å². The molecule has 0 aromatic heterocycles. The Morgan fingerprint density at radius 3 is 2.32 bits per heavy atom. The van der Waals surface area contributed by atoms with Crippen LogP contribution in [0.5, 0.6) is 11.5 Å². The number of halogens is 1. The van der Waals surface area contributed by atoms with Crippen LogP contribution in [0.1, 0.15) is 44.1 Å². The van der Waals surface area contributed by atoms with E-state index < -0.39 is 0 Å². The molecule has 8 heteroatoms. The minimum atomic E-state index is 0. The standard InChI is InChI=1S/C20H27N5O2.ClH/c21-18(22)24-19(23-10-12-1-2-16-17(6-12)27-11-26-16)25-20-7-13-3-14(8-20)5-15(4-13)9-20;/h1-2,6,13-15H,3-5,7-11H2,(H5,21,22,23,24,25);1H. The Balaban J connectivity index is 0.00000192. The molecule has 7 nitrogen and oxygen atoms in total. The second-order valence-corrected chi connectivity index (χ2v) is 8.69. The average Bonchev–Trinajstić information content (AvgIpc) is 3.05. The highest BCUT2D eigenvalue weighted by Crippen LogP contribution is 2.55. The third-order valence-corrected chi connectivity index (χ3v) is 6.50. The summed E-state index contributed by atoms with van der Waals surface area (Å²) < 4.78 is 10.8. The fourth-order valence-corrected chi connectivity index (χ4v) is 5.93. The van der Waals surface area contributed by atoms with Gasteiger partial charge in [0.2, 0.25) is 12.8 Å². The zero-order chi connectivity index (χ0) is 18.4. The molecule has 1 aliphatic heterocycles. The van der Waals surface area contributed by atoms with Crippen LogP contribution >= 0.6 is 12.4 Å². The van der Waals surface area contributed by atoms with Gasteiger partial charge in [0.15, 0.2) is 17.5 Å². The summed E-state index contributed by atoms with van der Waals surface area (Å²) in [6.45, 7) is 0.761. The number of nitrogens with one attached hydrogen (secondary N) is 1. The predicted octanol–water partition coefficient (Wildman–Crippen LogP) is 2.52. The lowest BCUT2D eigenvalue weighted by Gasteiger charge is -2.57. The van der Waals surface area contributed by atoms with Gasteiger partial charge in [0.25, 0.3) is 0 Å². The third kappa shape index (κ3) is 3.72. The normalized spacial score (nSPS) is 32.0. The molecule has 4 aliphatic carbocycles. The molecule has 1 aromatic carbocycles. The molecule has 0 unspecified atom stereocenters. The van der Waals surface area contributed by atoms with Crippen LogP contribution in [0, 0.1) is 17.8 Å². The largest absolute Gasteiger partial charge is 0.454 e. The van der Waals surface area contributed by atoms with Gasteiger partial charge in [-0.25, -0.2) is 4.99 Å². The second kappa shape index (κ2) is 7.35. The van der Waals surface area contributed by atoms with Crippen molar-refractivity contribution in [1.82, 2.24) is 5.32 Å². The zero-order valence-electron chi connectivity index (χ0n) is 15.9. The summed E-state index contributed by atoms with van der Waals surface area (Å²) >= 11 is 0. The SMILES string of the molecule is Cl.NC(N)=NC(=NCc1ccc2c(c1)OCO2)NC12CC3CC(CC(C3)C1)C2. The highest BCUT2D eigenvalue weighted by Gasteiger charge is 2.51. The first-order valence-corrected chi connectivity index (χ1v) is 9.88. The van der Waals surface area contributed by atoms with Gasteiger partial charge in [-0.3, -0.25) is 0 Å². The van der Waals surface area contributed by atoms with Crippen molar-refractivity contribution < 1.29 is 9.47 Å². The Morgan fingerprint density at radius 1 is 1.04 bits per heavy atom. The van der Waals surface area contributed by atoms with Gasteiger partial charge in [-0.1, -0.05) is 6.07 Å². The molecular formula is C20H28ClN5O2. The lowest BCUT2D eigenvalue weighted by molar-refractivity contribution is -0.0102. The van der Waals surface area contributed by atoms with Gasteiger partial charge in [0.05, 0.1) is 6.54 Å². The summed E-state index contributed by atoms with van der Waals surface area (Å²) in [5.74, 6) is 4.67. The van der Waals surface area contributed by atoms with Crippen LogP contribution in [0.4, 0.5) is 0 Å². The van der Waals surface area contributed by atoms with E-state index in [4.69, 9.17) is 25.9 Å². The maximum absolute atomic E-state index is 5.67. The summed E-state index contributed by atoms with van der Waals surface area (Å²) in [5.41, 5.74) is 12.5. The van der Waals surface area contributed by atoms with Crippen LogP contribution in [0.2, 0.25) is 0 Å². The highest BCUT2D eigenvalue weighted by molar-refractivity contribution is 5.93. The fourth-order valence-electron chi connectivity index (χ4n) is 5.93. The minimum Gasteiger partial charge on any atom is -0.454 e. The molecule has 1 heterocycles. The second-order valence-electron chi connectivity index (χ2n) is 8.69. The minimum absolute atomic E-state index is 0. The molecule has 0 atom stereocenters. The number of nitrogens with zero attached hydrogens (tertiary/aromatic N) is 2. The molecule has 6 rings (SSSR count). The monoisotopic (exact) mass is 405 g/mol. The molecule has 28 heavy (non-hydrogen) atoms. The Morgan fingerprint density at radius 2 is 1.68 bits per heavy atom. The van der Waals surface area contributed by atoms with Crippen LogP contribution in [-0.2, 0) is 6.54 Å². The van der Waals surface area contributed by atoms with Gasteiger partial charge < -0.3 is 26.3 Å². The van der Waals surface area contributed by atoms with Crippen molar-refractivity contribution in [3.05, 3.63) is 23.8 Å². The van der Waals surface area contributed by atoms with E-state index in [1.165, 1.54) is 38.5 Å². The fraction of sp³-hybridized carbons (Fsp3) is 0.600. The van der Waals surface area contributed by atoms with Gasteiger partial charge in [0, 0.05) is 5.54 Å². The summed E-state index contributed by atoms with van der Waals surface area (Å²) in [6.07, 6.45) is 7.82. The van der Waals surface area contributed by atoms with Gasteiger partial charge in [0.1, 0.15) is 0 Å². The first-order valence-electron chi connectivity index (χ1n) is 9.88. The molecule has 4 bridgehead atoms. The van der Waals surface area contributed by atoms with Crippen LogP contribution in [0.15, 0.2) is 28.2 Å². The molecule has 4 saturated carbocycles. The molecule has 1 aromatic rings. The number of nitrogens with two attached hydrogens (primary N) is 2. The maximum atomic E-state index is 5.67. The molecule has 152 valence electrons. The van der Waals surface area contributed by atoms with Crippen molar-refractivity contribution in [3.8, 4) is 11.5 Å². The number of guanidine groups is 2. The summed E-state index contributed by atoms with van der Waals surface area (Å²) in [5, 5.41) is 3.66. The first-order chi connectivity index (χ1) is 13.1. The molecule has 4 fully saturated rings. The van der Waals surface area contributed by atoms with Gasteiger partial charge in [-0.15, -0.1) is 12.4 Å². The number of hydrogen-bond donors (Lipinski definition) is 3. The molecule has 5 N–H and O–H groups in total. The first kappa shape index (κ1) is 19.2. The van der Waals surface area contributed by atoms with E-state index in [2.05, 4.69) is 10.3 Å². The summed E-state index contributed by atoms with van der Waals surface area (Å²) in [7, 11) is 0. The van der Waals surface area contributed by atoms with Crippen LogP contribution in [-0.4, -0.2) is 24.3 Å². The number of ether oxygens (including phenoxy) is 2. The number of fused-ring (bicyclic) bond motifs is 1. The van der Waals surface area contributed by atoms with Crippen molar-refractivity contribution in [3.63, 3.8) is 0 Å². The molecule has 0 radical (unpaired) electrons. The van der Waals surface area contributed by atoms with E-state index >= 15 is 0 Å². The van der Waals surface area contributed by atoms with Gasteiger partial charge in [-0.2, -0.15) is 4.99 Å². The maximum Gasteiger partial charge on any atom is 0.231 e. The average molecular weight is 406 g/mol. The van der Waals surface area contributed by atoms with E-state index in [0.717, 1.165) is 34.8 Å². The molecule has 0 spiro atoms. The Labute approximate surface area is 171 Å². The number of benzene rings is 1. The Hall–Kier alpha value is -2.15. The van der Waals surface area contributed by atoms with Crippen LogP contribution in [0.3, 0.4) is 0 Å². The van der Waals surface area contributed by atoms with Crippen molar-refractivity contribution in [2.24, 2.45) is 39.2 Å². The predicted molar refractivity (Wildman–Crippen MR) is 111 cm³/mol. The molecule has 0 saturated heterocycles. The molecule has 5 aliphatic rings. The lowest BCUT2D eigenvalue weighted by Crippen LogP contribution is -2.59. The number of aliphatic imine (C=N–C) groups is 2. The van der Waals surface area contributed by atoms with E-state index in [1.807, 2.05) is 18.2 Å². The highest BCUT2D eigenvalue weighted by atomic mass is 35.5. The number of hydrogen-bond acceptors (Lipinski definition) is 3. The smallest absolute Gasteiger partial charge is 0.231 e. The van der Waals surface area contributed by atoms with Crippen LogP contribution < -0.4 is 26.3 Å². The van der Waals surface area contributed by atoms with Crippen molar-refractivity contribution in [2.75, 3.05) is 6.79 Å². The van der Waals surface area contributed by atoms with E-state index in [-0.39, 0.29) is 30.7 Å². The Kier molecular flexibility index (Phi) is 5.04. The third-order valence-electron chi connectivity index (χ3n) is 6.50. The molecule has 0 amide bonds. The quantitative estimate of drug-likeness (QED) is 0.529. The number of rotatable bonds is 3. The Bertz CT molecular complexity index is 771. The zero-order valence-corrected chi connectivity index (χ0v) is 16.7. The van der Waals surface area contributed by atoms with Gasteiger partial charge >= 0.3 is 0 Å². The van der Waals surface area contributed by atoms with Crippen LogP contribution in [0.25, 0.3) is 0 Å². The van der Waals surface area contributed by atoms with Crippen molar-refractivity contribution >= 4 is 24.3 Å². The molecular weight excluding hydrogens is 378 g/mol. The lowest BCUT2D eigenvalue weighted by atomic mass is 9.53. The van der Waals surface area contributed by atoms with E-state index in [1.54, 1.807) is 0 Å². The van der Waals surface area contributed by atoms with E-state index in [9.17, 15) is 0 Å². The van der Waals surface area contributed by atoms with Crippen molar-refractivity contribution in [1.29, 1.82) is 0 Å².